The summed E-state index contributed by atoms with van der Waals surface area (Å²) >= 11 is 0. The predicted octanol–water partition coefficient (Wildman–Crippen LogP) is 4.85. The van der Waals surface area contributed by atoms with Crippen LogP contribution in [0.3, 0.4) is 0 Å². The lowest BCUT2D eigenvalue weighted by Crippen LogP contribution is -2.61. The van der Waals surface area contributed by atoms with E-state index in [1.807, 2.05) is 27.7 Å². The number of ether oxygens (including phenoxy) is 2. The van der Waals surface area contributed by atoms with E-state index in [1.165, 1.54) is 0 Å². The zero-order valence-corrected chi connectivity index (χ0v) is 30.3. The minimum absolute atomic E-state index is 0.133. The molecule has 0 radical (unpaired) electrons. The molecular formula is C36H56N6O7. The van der Waals surface area contributed by atoms with E-state index in [0.717, 1.165) is 24.8 Å². The fraction of sp³-hybridized carbons (Fsp3) is 0.556. The van der Waals surface area contributed by atoms with Crippen molar-refractivity contribution in [2.24, 2.45) is 17.1 Å². The molecule has 1 aromatic carbocycles. The number of anilines is 1. The Bertz CT molecular complexity index is 1310. The Hall–Kier alpha value is -4.68. The van der Waals surface area contributed by atoms with Gasteiger partial charge in [0, 0.05) is 36.5 Å². The Kier molecular flexibility index (Phi) is 18.4. The van der Waals surface area contributed by atoms with E-state index in [2.05, 4.69) is 59.7 Å². The summed E-state index contributed by atoms with van der Waals surface area (Å²) in [5.41, 5.74) is 4.75. The van der Waals surface area contributed by atoms with Crippen LogP contribution in [0.5, 0.6) is 5.75 Å². The third kappa shape index (κ3) is 15.8. The lowest BCUT2D eigenvalue weighted by Gasteiger charge is -2.41. The monoisotopic (exact) mass is 684 g/mol. The zero-order chi connectivity index (χ0) is 37.0. The lowest BCUT2D eigenvalue weighted by molar-refractivity contribution is -0.134. The molecule has 0 saturated heterocycles. The molecule has 0 aliphatic heterocycles. The average Bonchev–Trinajstić information content (AvgIpc) is 3.03. The van der Waals surface area contributed by atoms with Crippen LogP contribution in [-0.4, -0.2) is 59.6 Å². The van der Waals surface area contributed by atoms with Crippen molar-refractivity contribution in [3.8, 4) is 5.75 Å². The summed E-state index contributed by atoms with van der Waals surface area (Å²) in [6, 6.07) is 8.55. The molecule has 49 heavy (non-hydrogen) atoms. The number of nitrogens with one attached hydrogen (secondary N) is 4. The van der Waals surface area contributed by atoms with Gasteiger partial charge in [0.15, 0.2) is 0 Å². The van der Waals surface area contributed by atoms with E-state index in [9.17, 15) is 19.2 Å². The molecule has 0 saturated carbocycles. The normalized spacial score (nSPS) is 12.9. The fourth-order valence-corrected chi connectivity index (χ4v) is 4.24. The van der Waals surface area contributed by atoms with Gasteiger partial charge in [0.05, 0.1) is 0 Å². The molecule has 6 N–H and O–H groups in total. The lowest BCUT2D eigenvalue weighted by atomic mass is 9.76. The van der Waals surface area contributed by atoms with Crippen molar-refractivity contribution in [3.05, 3.63) is 54.4 Å². The quantitative estimate of drug-likeness (QED) is 0.0888. The Morgan fingerprint density at radius 3 is 2.08 bits per heavy atom. The zero-order valence-electron chi connectivity index (χ0n) is 30.3. The molecule has 0 fully saturated rings. The number of hydrogen-bond donors (Lipinski definition) is 5. The van der Waals surface area contributed by atoms with Crippen LogP contribution in [-0.2, 0) is 30.3 Å². The maximum Gasteiger partial charge on any atom is 0.414 e. The second-order valence-electron chi connectivity index (χ2n) is 13.4. The van der Waals surface area contributed by atoms with Gasteiger partial charge in [-0.1, -0.05) is 72.9 Å². The summed E-state index contributed by atoms with van der Waals surface area (Å²) in [6.45, 7) is 15.8. The van der Waals surface area contributed by atoms with Gasteiger partial charge >= 0.3 is 6.09 Å². The number of rotatable bonds is 17. The first-order valence-corrected chi connectivity index (χ1v) is 16.7. The molecule has 2 rings (SSSR count). The van der Waals surface area contributed by atoms with E-state index >= 15 is 0 Å². The largest absolute Gasteiger partial charge is 0.457 e. The van der Waals surface area contributed by atoms with Crippen LogP contribution in [0.2, 0.25) is 0 Å². The molecule has 0 aliphatic carbocycles. The molecule has 2 aromatic rings. The van der Waals surface area contributed by atoms with E-state index in [-0.39, 0.29) is 42.8 Å². The molecule has 272 valence electrons. The van der Waals surface area contributed by atoms with Crippen molar-refractivity contribution in [3.63, 3.8) is 0 Å². The van der Waals surface area contributed by atoms with Gasteiger partial charge in [0.1, 0.15) is 17.8 Å². The first-order valence-electron chi connectivity index (χ1n) is 16.7. The number of carbonyl (C=O) groups is 5. The number of pyridine rings is 1. The number of benzene rings is 1. The van der Waals surface area contributed by atoms with Crippen LogP contribution < -0.4 is 31.7 Å². The molecule has 5 amide bonds. The number of carbonyl (C=O) groups excluding carboxylic acids is 5. The van der Waals surface area contributed by atoms with Crippen LogP contribution in [0.25, 0.3) is 0 Å². The maximum absolute atomic E-state index is 13.7. The Morgan fingerprint density at radius 1 is 0.918 bits per heavy atom. The molecule has 0 aliphatic rings. The number of aromatic nitrogens is 1. The minimum atomic E-state index is -0.893. The second kappa shape index (κ2) is 21.3. The predicted molar refractivity (Wildman–Crippen MR) is 189 cm³/mol. The van der Waals surface area contributed by atoms with Gasteiger partial charge in [-0.3, -0.25) is 29.5 Å². The van der Waals surface area contributed by atoms with Crippen LogP contribution in [0, 0.1) is 11.3 Å². The Labute approximate surface area is 290 Å². The third-order valence-corrected chi connectivity index (χ3v) is 8.47. The van der Waals surface area contributed by atoms with Crippen molar-refractivity contribution >= 4 is 35.9 Å². The Balaban J connectivity index is 0.00000385. The fourth-order valence-electron chi connectivity index (χ4n) is 4.24. The number of amides is 5. The molecule has 0 bridgehead atoms. The van der Waals surface area contributed by atoms with Gasteiger partial charge < -0.3 is 31.2 Å². The summed E-state index contributed by atoms with van der Waals surface area (Å²) in [4.78, 5) is 64.5. The minimum Gasteiger partial charge on any atom is -0.457 e. The highest BCUT2D eigenvalue weighted by atomic mass is 16.7. The third-order valence-electron chi connectivity index (χ3n) is 8.47. The van der Waals surface area contributed by atoms with Gasteiger partial charge in [-0.25, -0.2) is 4.79 Å². The van der Waals surface area contributed by atoms with Gasteiger partial charge in [-0.15, -0.1) is 0 Å². The van der Waals surface area contributed by atoms with Crippen molar-refractivity contribution < 1.29 is 33.4 Å². The summed E-state index contributed by atoms with van der Waals surface area (Å²) in [7, 11) is 0. The van der Waals surface area contributed by atoms with Gasteiger partial charge in [-0.2, -0.15) is 0 Å². The Morgan fingerprint density at radius 2 is 1.53 bits per heavy atom. The van der Waals surface area contributed by atoms with Crippen LogP contribution in [0.1, 0.15) is 93.1 Å². The summed E-state index contributed by atoms with van der Waals surface area (Å²) in [5, 5.41) is 11.6. The summed E-state index contributed by atoms with van der Waals surface area (Å²) in [5.74, 6) is -0.569. The van der Waals surface area contributed by atoms with Crippen molar-refractivity contribution in [1.29, 1.82) is 0 Å². The molecule has 13 nitrogen and oxygen atoms in total. The molecular weight excluding hydrogens is 628 g/mol. The highest BCUT2D eigenvalue weighted by Gasteiger charge is 2.38. The average molecular weight is 685 g/mol. The molecule has 1 aromatic heterocycles. The highest BCUT2D eigenvalue weighted by Crippen LogP contribution is 2.29. The van der Waals surface area contributed by atoms with E-state index in [0.29, 0.717) is 24.3 Å². The number of primary amides is 1. The van der Waals surface area contributed by atoms with Gasteiger partial charge in [-0.05, 0) is 61.4 Å². The second-order valence-corrected chi connectivity index (χ2v) is 13.4. The first-order chi connectivity index (χ1) is 23.1. The first kappa shape index (κ1) is 42.3. The molecule has 0 spiro atoms. The topological polar surface area (TPSA) is 191 Å². The summed E-state index contributed by atoms with van der Waals surface area (Å²) in [6.07, 6.45) is 6.50. The van der Waals surface area contributed by atoms with Crippen LogP contribution in [0.15, 0.2) is 48.8 Å². The molecule has 3 unspecified atom stereocenters. The number of hydrogen-bond acceptors (Lipinski definition) is 8. The van der Waals surface area contributed by atoms with Crippen molar-refractivity contribution in [2.75, 3.05) is 12.1 Å². The molecule has 13 heteroatoms. The highest BCUT2D eigenvalue weighted by molar-refractivity contribution is 5.92. The number of nitrogens with zero attached hydrogens (tertiary/aromatic N) is 1. The van der Waals surface area contributed by atoms with E-state index in [4.69, 9.17) is 14.3 Å². The standard InChI is InChI=1S/C35H53N5O6.CH3NO/c1-9-11-12-13-29(41)38-28(31(42)39-30(24(3)10-2)32(43)40-35(7,8)34(4,5)6)22-25-14-16-27(17-15-25)45-23-46-33(44)37-26-18-20-36-21-19-26;2-1-3/h14-21,24,28,30H,9-13,22-23H2,1-8H3,(H,38,41)(H,39,42)(H,40,43)(H,36,37,44);1H,(H2,2,3). The van der Waals surface area contributed by atoms with Gasteiger partial charge in [0.2, 0.25) is 30.9 Å². The molecule has 3 atom stereocenters. The van der Waals surface area contributed by atoms with Crippen LogP contribution in [0.4, 0.5) is 10.5 Å². The smallest absolute Gasteiger partial charge is 0.414 e. The molecule has 1 heterocycles. The maximum atomic E-state index is 13.7. The van der Waals surface area contributed by atoms with Gasteiger partial charge in [0.25, 0.3) is 0 Å². The van der Waals surface area contributed by atoms with E-state index in [1.54, 1.807) is 48.8 Å². The van der Waals surface area contributed by atoms with Crippen LogP contribution >= 0.6 is 0 Å². The number of unbranched alkanes of at least 4 members (excludes halogenated alkanes) is 2. The van der Waals surface area contributed by atoms with E-state index < -0.39 is 29.6 Å². The number of nitrogens with two attached hydrogens (primary N) is 1. The summed E-state index contributed by atoms with van der Waals surface area (Å²) < 4.78 is 10.6. The SMILES string of the molecule is CCCCCC(=O)NC(Cc1ccc(OCOC(=O)Nc2ccncc2)cc1)C(=O)NC(C(=O)NC(C)(C)C(C)(C)C)C(C)CC.NC=O. The van der Waals surface area contributed by atoms with Crippen molar-refractivity contribution in [1.82, 2.24) is 20.9 Å². The van der Waals surface area contributed by atoms with Crippen molar-refractivity contribution in [2.45, 2.75) is 112 Å².